The van der Waals surface area contributed by atoms with Crippen LogP contribution in [0.15, 0.2) is 58.9 Å². The predicted molar refractivity (Wildman–Crippen MR) is 104 cm³/mol. The number of hydrogen-bond acceptors (Lipinski definition) is 5. The van der Waals surface area contributed by atoms with E-state index in [4.69, 9.17) is 11.6 Å². The third kappa shape index (κ3) is 5.05. The van der Waals surface area contributed by atoms with E-state index in [0.717, 1.165) is 35.6 Å². The van der Waals surface area contributed by atoms with Crippen molar-refractivity contribution in [2.45, 2.75) is 11.1 Å². The molecule has 0 saturated heterocycles. The molecule has 1 amide bonds. The molecule has 0 aliphatic carbocycles. The van der Waals surface area contributed by atoms with Crippen LogP contribution in [0.2, 0.25) is 5.02 Å². The molecule has 0 spiro atoms. The van der Waals surface area contributed by atoms with Gasteiger partial charge in [0.2, 0.25) is 0 Å². The monoisotopic (exact) mass is 461 g/mol. The summed E-state index contributed by atoms with van der Waals surface area (Å²) in [5, 5.41) is 4.40. The third-order valence-electron chi connectivity index (χ3n) is 3.59. The summed E-state index contributed by atoms with van der Waals surface area (Å²) in [5.41, 5.74) is -1.41. The summed E-state index contributed by atoms with van der Waals surface area (Å²) in [6.45, 7) is 0. The molecule has 1 aromatic heterocycles. The molecule has 0 aliphatic rings. The minimum atomic E-state index is -4.62. The highest BCUT2D eigenvalue weighted by Crippen LogP contribution is 2.31. The second-order valence-electron chi connectivity index (χ2n) is 5.62. The summed E-state index contributed by atoms with van der Waals surface area (Å²) in [4.78, 5) is 15.9. The molecule has 0 atom stereocenters. The fourth-order valence-electron chi connectivity index (χ4n) is 2.27. The molecule has 29 heavy (non-hydrogen) atoms. The number of alkyl halides is 3. The van der Waals surface area contributed by atoms with Crippen molar-refractivity contribution in [1.29, 1.82) is 0 Å². The largest absolute Gasteiger partial charge is 0.416 e. The van der Waals surface area contributed by atoms with Crippen molar-refractivity contribution >= 4 is 49.7 Å². The van der Waals surface area contributed by atoms with Gasteiger partial charge in [-0.2, -0.15) is 13.2 Å². The zero-order valence-corrected chi connectivity index (χ0v) is 16.6. The van der Waals surface area contributed by atoms with Gasteiger partial charge < -0.3 is 0 Å². The molecule has 0 unspecified atom stereocenters. The first-order valence-electron chi connectivity index (χ1n) is 7.77. The van der Waals surface area contributed by atoms with Gasteiger partial charge in [-0.05, 0) is 36.4 Å². The average molecular weight is 462 g/mol. The smallest absolute Gasteiger partial charge is 0.298 e. The van der Waals surface area contributed by atoms with Crippen molar-refractivity contribution in [3.05, 3.63) is 70.2 Å². The lowest BCUT2D eigenvalue weighted by Crippen LogP contribution is -2.16. The van der Waals surface area contributed by atoms with Crippen LogP contribution in [-0.4, -0.2) is 19.3 Å². The number of sulfonamides is 1. The molecule has 3 aromatic rings. The molecule has 0 saturated carbocycles. The Labute approximate surface area is 172 Å². The van der Waals surface area contributed by atoms with Crippen LogP contribution in [0, 0.1) is 0 Å². The van der Waals surface area contributed by atoms with Gasteiger partial charge in [-0.1, -0.05) is 17.7 Å². The quantitative estimate of drug-likeness (QED) is 0.567. The number of benzene rings is 2. The van der Waals surface area contributed by atoms with Crippen molar-refractivity contribution < 1.29 is 26.4 Å². The lowest BCUT2D eigenvalue weighted by molar-refractivity contribution is -0.137. The van der Waals surface area contributed by atoms with E-state index in [9.17, 15) is 26.4 Å². The Hall–Kier alpha value is -2.63. The first kappa shape index (κ1) is 21.1. The number of carbonyl (C=O) groups excluding carboxylic acids is 1. The van der Waals surface area contributed by atoms with Crippen LogP contribution in [0.25, 0.3) is 0 Å². The van der Waals surface area contributed by atoms with E-state index < -0.39 is 27.7 Å². The number of rotatable bonds is 5. The molecule has 0 fully saturated rings. The number of aromatic nitrogens is 1. The summed E-state index contributed by atoms with van der Waals surface area (Å²) in [6, 6.07) is 7.12. The average Bonchev–Trinajstić information content (AvgIpc) is 3.14. The highest BCUT2D eigenvalue weighted by molar-refractivity contribution is 7.92. The minimum Gasteiger partial charge on any atom is -0.298 e. The number of halogens is 4. The van der Waals surface area contributed by atoms with Crippen LogP contribution in [-0.2, 0) is 16.2 Å². The Morgan fingerprint density at radius 1 is 1.14 bits per heavy atom. The normalized spacial score (nSPS) is 11.9. The van der Waals surface area contributed by atoms with Crippen LogP contribution in [0.3, 0.4) is 0 Å². The third-order valence-corrected chi connectivity index (χ3v) is 5.98. The molecule has 12 heteroatoms. The molecule has 0 bridgehead atoms. The molecule has 0 radical (unpaired) electrons. The van der Waals surface area contributed by atoms with Gasteiger partial charge in [-0.3, -0.25) is 14.8 Å². The van der Waals surface area contributed by atoms with Crippen molar-refractivity contribution in [1.82, 2.24) is 4.98 Å². The molecular formula is C17H11ClF3N3O3S2. The molecule has 2 aromatic carbocycles. The lowest BCUT2D eigenvalue weighted by atomic mass is 10.2. The number of nitrogens with one attached hydrogen (secondary N) is 2. The number of hydrogen-bond donors (Lipinski definition) is 2. The maximum Gasteiger partial charge on any atom is 0.416 e. The Morgan fingerprint density at radius 2 is 1.90 bits per heavy atom. The Balaban J connectivity index is 1.89. The predicted octanol–water partition coefficient (Wildman–Crippen LogP) is 4.87. The van der Waals surface area contributed by atoms with E-state index in [2.05, 4.69) is 15.0 Å². The summed E-state index contributed by atoms with van der Waals surface area (Å²) >= 11 is 7.15. The highest BCUT2D eigenvalue weighted by Gasteiger charge is 2.30. The van der Waals surface area contributed by atoms with Gasteiger partial charge in [-0.15, -0.1) is 11.3 Å². The highest BCUT2D eigenvalue weighted by atomic mass is 35.5. The number of carbonyl (C=O) groups is 1. The van der Waals surface area contributed by atoms with E-state index in [1.165, 1.54) is 18.3 Å². The fourth-order valence-corrected chi connectivity index (χ4v) is 4.07. The van der Waals surface area contributed by atoms with Crippen LogP contribution >= 0.6 is 22.9 Å². The number of nitrogens with zero attached hydrogens (tertiary/aromatic N) is 1. The molecule has 6 nitrogen and oxygen atoms in total. The first-order chi connectivity index (χ1) is 13.6. The van der Waals surface area contributed by atoms with Gasteiger partial charge >= 0.3 is 6.18 Å². The summed E-state index contributed by atoms with van der Waals surface area (Å²) in [6.07, 6.45) is -3.15. The van der Waals surface area contributed by atoms with Gasteiger partial charge in [0, 0.05) is 17.3 Å². The van der Waals surface area contributed by atoms with Gasteiger partial charge in [0.1, 0.15) is 0 Å². The number of thiazole rings is 1. The van der Waals surface area contributed by atoms with Crippen molar-refractivity contribution in [2.75, 3.05) is 10.0 Å². The SMILES string of the molecule is O=C(Nc1nccs1)c1cc(S(=O)(=O)Nc2cccc(C(F)(F)F)c2)ccc1Cl. The van der Waals surface area contributed by atoms with E-state index in [1.54, 1.807) is 5.38 Å². The zero-order chi connectivity index (χ0) is 21.2. The van der Waals surface area contributed by atoms with Gasteiger partial charge in [0.25, 0.3) is 15.9 Å². The van der Waals surface area contributed by atoms with Crippen molar-refractivity contribution in [3.63, 3.8) is 0 Å². The lowest BCUT2D eigenvalue weighted by Gasteiger charge is -2.12. The van der Waals surface area contributed by atoms with E-state index >= 15 is 0 Å². The number of anilines is 2. The Morgan fingerprint density at radius 3 is 2.55 bits per heavy atom. The van der Waals surface area contributed by atoms with Gasteiger partial charge in [0.15, 0.2) is 5.13 Å². The summed E-state index contributed by atoms with van der Waals surface area (Å²) in [7, 11) is -4.28. The standard InChI is InChI=1S/C17H11ClF3N3O3S2/c18-14-5-4-12(9-13(14)15(25)23-16-22-6-7-28-16)29(26,27)24-11-3-1-2-10(8-11)17(19,20)21/h1-9,24H,(H,22,23,25). The molecule has 3 rings (SSSR count). The van der Waals surface area contributed by atoms with Crippen LogP contribution in [0.4, 0.5) is 24.0 Å². The summed E-state index contributed by atoms with van der Waals surface area (Å²) < 4.78 is 65.7. The van der Waals surface area contributed by atoms with Crippen molar-refractivity contribution in [3.8, 4) is 0 Å². The molecule has 1 heterocycles. The van der Waals surface area contributed by atoms with Gasteiger partial charge in [-0.25, -0.2) is 13.4 Å². The second kappa shape index (κ2) is 8.01. The molecule has 152 valence electrons. The van der Waals surface area contributed by atoms with E-state index in [0.29, 0.717) is 11.2 Å². The molecule has 0 aliphatic heterocycles. The summed E-state index contributed by atoms with van der Waals surface area (Å²) in [5.74, 6) is -0.680. The second-order valence-corrected chi connectivity index (χ2v) is 8.60. The zero-order valence-electron chi connectivity index (χ0n) is 14.2. The van der Waals surface area contributed by atoms with E-state index in [1.807, 2.05) is 0 Å². The Bertz CT molecular complexity index is 1150. The van der Waals surface area contributed by atoms with Crippen LogP contribution < -0.4 is 10.0 Å². The maximum absolute atomic E-state index is 12.8. The van der Waals surface area contributed by atoms with E-state index in [-0.39, 0.29) is 21.2 Å². The van der Waals surface area contributed by atoms with Crippen LogP contribution in [0.1, 0.15) is 15.9 Å². The number of amides is 1. The topological polar surface area (TPSA) is 88.2 Å². The molecular weight excluding hydrogens is 451 g/mol. The first-order valence-corrected chi connectivity index (χ1v) is 10.5. The maximum atomic E-state index is 12.8. The minimum absolute atomic E-state index is 0.00271. The van der Waals surface area contributed by atoms with Crippen LogP contribution in [0.5, 0.6) is 0 Å². The van der Waals surface area contributed by atoms with Gasteiger partial charge in [0.05, 0.1) is 21.0 Å². The van der Waals surface area contributed by atoms with Crippen molar-refractivity contribution in [2.24, 2.45) is 0 Å². The Kier molecular flexibility index (Phi) is 5.82. The fraction of sp³-hybridized carbons (Fsp3) is 0.0588. The molecule has 2 N–H and O–H groups in total.